The lowest BCUT2D eigenvalue weighted by molar-refractivity contribution is -0.383. The monoisotopic (exact) mass is 267 g/mol. The number of aliphatic carboxylic acids is 1. The number of aryl methyl sites for hydroxylation is 1. The van der Waals surface area contributed by atoms with Crippen LogP contribution in [0.5, 0.6) is 0 Å². The van der Waals surface area contributed by atoms with Gasteiger partial charge in [-0.25, -0.2) is 0 Å². The predicted molar refractivity (Wildman–Crippen MR) is 66.7 cm³/mol. The molecule has 1 aromatic carbocycles. The van der Waals surface area contributed by atoms with E-state index in [1.165, 1.54) is 18.2 Å². The molecule has 1 amide bonds. The summed E-state index contributed by atoms with van der Waals surface area (Å²) in [6, 6.07) is 2.94. The molecule has 0 aliphatic carbocycles. The van der Waals surface area contributed by atoms with Gasteiger partial charge >= 0.3 is 5.97 Å². The van der Waals surface area contributed by atoms with E-state index in [4.69, 9.17) is 10.8 Å². The van der Waals surface area contributed by atoms with Gasteiger partial charge in [0.2, 0.25) is 5.91 Å². The number of nitrogens with two attached hydrogens (primary N) is 1. The van der Waals surface area contributed by atoms with Gasteiger partial charge in [0, 0.05) is 6.07 Å². The number of carboxylic acids is 1. The van der Waals surface area contributed by atoms with Crippen molar-refractivity contribution in [2.24, 2.45) is 5.73 Å². The first-order valence-corrected chi connectivity index (χ1v) is 5.34. The molecule has 0 radical (unpaired) electrons. The van der Waals surface area contributed by atoms with Gasteiger partial charge in [0.1, 0.15) is 5.69 Å². The standard InChI is InChI=1S/C11H13N3O5/c1-6-2-3-9(14(18)19)8(4-6)13-11(17)7(12)5-10(15)16/h2-4,7H,5,12H2,1H3,(H,13,17)(H,15,16). The maximum Gasteiger partial charge on any atom is 0.305 e. The predicted octanol–water partition coefficient (Wildman–Crippen LogP) is 0.644. The molecule has 19 heavy (non-hydrogen) atoms. The van der Waals surface area contributed by atoms with Crippen LogP contribution in [0.3, 0.4) is 0 Å². The van der Waals surface area contributed by atoms with E-state index in [0.29, 0.717) is 5.56 Å². The number of hydrogen-bond donors (Lipinski definition) is 3. The number of carbonyl (C=O) groups is 2. The second-order valence-corrected chi connectivity index (χ2v) is 3.97. The van der Waals surface area contributed by atoms with Gasteiger partial charge in [0.25, 0.3) is 5.69 Å². The Kier molecular flexibility index (Phi) is 4.54. The molecule has 0 fully saturated rings. The van der Waals surface area contributed by atoms with E-state index < -0.39 is 29.3 Å². The normalized spacial score (nSPS) is 11.7. The SMILES string of the molecule is Cc1ccc([N+](=O)[O-])c(NC(=O)C(N)CC(=O)O)c1. The number of benzene rings is 1. The molecule has 102 valence electrons. The molecular weight excluding hydrogens is 254 g/mol. The highest BCUT2D eigenvalue weighted by atomic mass is 16.6. The number of carboxylic acid groups (broad SMARTS) is 1. The molecule has 0 heterocycles. The lowest BCUT2D eigenvalue weighted by atomic mass is 10.1. The number of carbonyl (C=O) groups excluding carboxylic acids is 1. The second-order valence-electron chi connectivity index (χ2n) is 3.97. The molecule has 1 atom stereocenters. The van der Waals surface area contributed by atoms with E-state index >= 15 is 0 Å². The van der Waals surface area contributed by atoms with Crippen LogP contribution in [-0.2, 0) is 9.59 Å². The molecule has 4 N–H and O–H groups in total. The average molecular weight is 267 g/mol. The zero-order valence-electron chi connectivity index (χ0n) is 10.1. The minimum absolute atomic E-state index is 0.00385. The fourth-order valence-electron chi connectivity index (χ4n) is 1.42. The summed E-state index contributed by atoms with van der Waals surface area (Å²) in [5, 5.41) is 21.6. The number of rotatable bonds is 5. The molecule has 1 unspecified atom stereocenters. The smallest absolute Gasteiger partial charge is 0.305 e. The summed E-state index contributed by atoms with van der Waals surface area (Å²) in [6.45, 7) is 1.70. The van der Waals surface area contributed by atoms with E-state index in [1.54, 1.807) is 6.92 Å². The van der Waals surface area contributed by atoms with Crippen molar-refractivity contribution >= 4 is 23.3 Å². The second kappa shape index (κ2) is 5.91. The third-order valence-electron chi connectivity index (χ3n) is 2.34. The van der Waals surface area contributed by atoms with Gasteiger partial charge in [0.05, 0.1) is 17.4 Å². The van der Waals surface area contributed by atoms with Gasteiger partial charge in [-0.2, -0.15) is 0 Å². The van der Waals surface area contributed by atoms with Crippen LogP contribution in [0.15, 0.2) is 18.2 Å². The van der Waals surface area contributed by atoms with Gasteiger partial charge < -0.3 is 16.2 Å². The molecule has 8 nitrogen and oxygen atoms in total. The Hall–Kier alpha value is -2.48. The van der Waals surface area contributed by atoms with Crippen molar-refractivity contribution in [2.75, 3.05) is 5.32 Å². The Labute approximate surface area is 108 Å². The summed E-state index contributed by atoms with van der Waals surface area (Å²) in [4.78, 5) is 32.2. The molecule has 1 aromatic rings. The molecule has 0 saturated carbocycles. The fraction of sp³-hybridized carbons (Fsp3) is 0.273. The van der Waals surface area contributed by atoms with Crippen molar-refractivity contribution in [1.82, 2.24) is 0 Å². The Bertz CT molecular complexity index is 529. The van der Waals surface area contributed by atoms with Crippen molar-refractivity contribution in [2.45, 2.75) is 19.4 Å². The largest absolute Gasteiger partial charge is 0.481 e. The van der Waals surface area contributed by atoms with Crippen LogP contribution in [0.1, 0.15) is 12.0 Å². The van der Waals surface area contributed by atoms with E-state index in [9.17, 15) is 19.7 Å². The lowest BCUT2D eigenvalue weighted by Gasteiger charge is -2.10. The van der Waals surface area contributed by atoms with E-state index in [0.717, 1.165) is 0 Å². The molecule has 0 bridgehead atoms. The fourth-order valence-corrected chi connectivity index (χ4v) is 1.42. The molecule has 8 heteroatoms. The molecule has 1 rings (SSSR count). The number of nitrogens with zero attached hydrogens (tertiary/aromatic N) is 1. The summed E-state index contributed by atoms with van der Waals surface area (Å²) in [5.41, 5.74) is 5.80. The highest BCUT2D eigenvalue weighted by molar-refractivity contribution is 5.98. The quantitative estimate of drug-likeness (QED) is 0.529. The minimum Gasteiger partial charge on any atom is -0.481 e. The van der Waals surface area contributed by atoms with Gasteiger partial charge in [0.15, 0.2) is 0 Å². The van der Waals surface area contributed by atoms with Gasteiger partial charge in [-0.15, -0.1) is 0 Å². The van der Waals surface area contributed by atoms with E-state index in [2.05, 4.69) is 5.32 Å². The third kappa shape index (κ3) is 4.03. The van der Waals surface area contributed by atoms with Crippen LogP contribution in [0.2, 0.25) is 0 Å². The maximum absolute atomic E-state index is 11.6. The molecule has 0 aromatic heterocycles. The Morgan fingerprint density at radius 3 is 2.68 bits per heavy atom. The maximum atomic E-state index is 11.6. The Balaban J connectivity index is 2.92. The van der Waals surface area contributed by atoms with Crippen LogP contribution in [0.4, 0.5) is 11.4 Å². The summed E-state index contributed by atoms with van der Waals surface area (Å²) in [5.74, 6) is -2.00. The Morgan fingerprint density at radius 2 is 2.16 bits per heavy atom. The van der Waals surface area contributed by atoms with Crippen LogP contribution < -0.4 is 11.1 Å². The summed E-state index contributed by atoms with van der Waals surface area (Å²) >= 11 is 0. The van der Waals surface area contributed by atoms with E-state index in [-0.39, 0.29) is 11.4 Å². The first-order chi connectivity index (χ1) is 8.81. The lowest BCUT2D eigenvalue weighted by Crippen LogP contribution is -2.37. The molecule has 0 spiro atoms. The van der Waals surface area contributed by atoms with Crippen molar-refractivity contribution in [3.63, 3.8) is 0 Å². The Morgan fingerprint density at radius 1 is 1.53 bits per heavy atom. The van der Waals surface area contributed by atoms with Gasteiger partial charge in [-0.05, 0) is 18.6 Å². The first-order valence-electron chi connectivity index (χ1n) is 5.34. The number of nitro groups is 1. The van der Waals surface area contributed by atoms with Crippen LogP contribution in [-0.4, -0.2) is 27.9 Å². The number of hydrogen-bond acceptors (Lipinski definition) is 5. The van der Waals surface area contributed by atoms with Crippen molar-refractivity contribution in [3.05, 3.63) is 33.9 Å². The molecular formula is C11H13N3O5. The number of nitro benzene ring substituents is 1. The topological polar surface area (TPSA) is 136 Å². The van der Waals surface area contributed by atoms with Gasteiger partial charge in [-0.1, -0.05) is 6.07 Å². The van der Waals surface area contributed by atoms with Crippen LogP contribution in [0.25, 0.3) is 0 Å². The number of anilines is 1. The number of nitrogens with one attached hydrogen (secondary N) is 1. The van der Waals surface area contributed by atoms with Crippen molar-refractivity contribution < 1.29 is 19.6 Å². The zero-order chi connectivity index (χ0) is 14.6. The molecule has 0 aliphatic heterocycles. The first kappa shape index (κ1) is 14.6. The number of amides is 1. The highest BCUT2D eigenvalue weighted by Gasteiger charge is 2.21. The van der Waals surface area contributed by atoms with Gasteiger partial charge in [-0.3, -0.25) is 19.7 Å². The molecule has 0 saturated heterocycles. The zero-order valence-corrected chi connectivity index (χ0v) is 10.1. The highest BCUT2D eigenvalue weighted by Crippen LogP contribution is 2.25. The minimum atomic E-state index is -1.27. The van der Waals surface area contributed by atoms with Crippen LogP contribution >= 0.6 is 0 Å². The van der Waals surface area contributed by atoms with Crippen molar-refractivity contribution in [1.29, 1.82) is 0 Å². The van der Waals surface area contributed by atoms with Crippen molar-refractivity contribution in [3.8, 4) is 0 Å². The molecule has 0 aliphatic rings. The summed E-state index contributed by atoms with van der Waals surface area (Å²) in [6.07, 6.45) is -0.550. The van der Waals surface area contributed by atoms with Crippen LogP contribution in [0, 0.1) is 17.0 Å². The summed E-state index contributed by atoms with van der Waals surface area (Å²) < 4.78 is 0. The average Bonchev–Trinajstić information content (AvgIpc) is 2.27. The third-order valence-corrected chi connectivity index (χ3v) is 2.34. The summed E-state index contributed by atoms with van der Waals surface area (Å²) in [7, 11) is 0. The van der Waals surface area contributed by atoms with E-state index in [1.807, 2.05) is 0 Å².